The highest BCUT2D eigenvalue weighted by Gasteiger charge is 2.35. The molecular weight excluding hydrogens is 314 g/mol. The molecule has 0 aromatic heterocycles. The van der Waals surface area contributed by atoms with Gasteiger partial charge in [-0.1, -0.05) is 11.6 Å². The SMILES string of the molecule is CN1CCOc2c(C(=O)NC3CC4CCN3CC4)cc(Cl)cc21. The van der Waals surface area contributed by atoms with E-state index in [2.05, 4.69) is 15.1 Å². The Kier molecular flexibility index (Phi) is 3.85. The number of benzene rings is 1. The molecule has 124 valence electrons. The van der Waals surface area contributed by atoms with Crippen molar-refractivity contribution in [2.75, 3.05) is 38.2 Å². The van der Waals surface area contributed by atoms with Crippen molar-refractivity contribution in [3.8, 4) is 5.75 Å². The van der Waals surface area contributed by atoms with Gasteiger partial charge in [0.2, 0.25) is 0 Å². The van der Waals surface area contributed by atoms with Crippen LogP contribution in [0.2, 0.25) is 5.02 Å². The lowest BCUT2D eigenvalue weighted by Gasteiger charge is -2.45. The molecule has 2 bridgehead atoms. The van der Waals surface area contributed by atoms with Crippen LogP contribution in [0.15, 0.2) is 12.1 Å². The zero-order valence-electron chi connectivity index (χ0n) is 13.3. The van der Waals surface area contributed by atoms with Crippen LogP contribution in [0.5, 0.6) is 5.75 Å². The number of amides is 1. The number of likely N-dealkylation sites (N-methyl/N-ethyl adjacent to an activating group) is 1. The van der Waals surface area contributed by atoms with E-state index < -0.39 is 0 Å². The molecule has 23 heavy (non-hydrogen) atoms. The normalized spacial score (nSPS) is 29.0. The minimum Gasteiger partial charge on any atom is -0.489 e. The number of nitrogens with one attached hydrogen (secondary N) is 1. The van der Waals surface area contributed by atoms with Crippen molar-refractivity contribution in [3.05, 3.63) is 22.7 Å². The topological polar surface area (TPSA) is 44.8 Å². The van der Waals surface area contributed by atoms with Crippen LogP contribution in [0.1, 0.15) is 29.6 Å². The van der Waals surface area contributed by atoms with E-state index in [1.807, 2.05) is 13.1 Å². The van der Waals surface area contributed by atoms with Gasteiger partial charge in [0.05, 0.1) is 24.0 Å². The van der Waals surface area contributed by atoms with E-state index >= 15 is 0 Å². The predicted octanol–water partition coefficient (Wildman–Crippen LogP) is 2.34. The second-order valence-corrected chi connectivity index (χ2v) is 7.21. The third-order valence-corrected chi connectivity index (χ3v) is 5.53. The molecule has 3 fully saturated rings. The van der Waals surface area contributed by atoms with Gasteiger partial charge >= 0.3 is 0 Å². The molecule has 1 N–H and O–H groups in total. The van der Waals surface area contributed by atoms with Crippen molar-refractivity contribution in [1.29, 1.82) is 0 Å². The Balaban J connectivity index is 1.59. The van der Waals surface area contributed by atoms with E-state index in [1.54, 1.807) is 6.07 Å². The molecular formula is C17H22ClN3O2. The summed E-state index contributed by atoms with van der Waals surface area (Å²) in [6.07, 6.45) is 3.71. The fourth-order valence-electron chi connectivity index (χ4n) is 3.93. The zero-order valence-corrected chi connectivity index (χ0v) is 14.1. The van der Waals surface area contributed by atoms with E-state index in [0.717, 1.165) is 37.7 Å². The first kappa shape index (κ1) is 15.1. The summed E-state index contributed by atoms with van der Waals surface area (Å²) in [5.74, 6) is 1.31. The van der Waals surface area contributed by atoms with Gasteiger partial charge in [0.25, 0.3) is 5.91 Å². The summed E-state index contributed by atoms with van der Waals surface area (Å²) in [5.41, 5.74) is 1.43. The maximum Gasteiger partial charge on any atom is 0.256 e. The van der Waals surface area contributed by atoms with Crippen LogP contribution in [0.4, 0.5) is 5.69 Å². The number of hydrogen-bond acceptors (Lipinski definition) is 4. The number of carbonyl (C=O) groups is 1. The average Bonchev–Trinajstić information content (AvgIpc) is 2.56. The van der Waals surface area contributed by atoms with E-state index in [-0.39, 0.29) is 12.1 Å². The first-order chi connectivity index (χ1) is 11.1. The van der Waals surface area contributed by atoms with Gasteiger partial charge in [-0.3, -0.25) is 9.69 Å². The van der Waals surface area contributed by atoms with Crippen molar-refractivity contribution in [1.82, 2.24) is 10.2 Å². The molecule has 5 rings (SSSR count). The zero-order chi connectivity index (χ0) is 16.0. The Morgan fingerprint density at radius 1 is 1.30 bits per heavy atom. The number of halogens is 1. The van der Waals surface area contributed by atoms with E-state index in [0.29, 0.717) is 22.9 Å². The van der Waals surface area contributed by atoms with Crippen molar-refractivity contribution >= 4 is 23.2 Å². The summed E-state index contributed by atoms with van der Waals surface area (Å²) in [6.45, 7) is 3.56. The van der Waals surface area contributed by atoms with Gasteiger partial charge in [0.1, 0.15) is 6.61 Å². The van der Waals surface area contributed by atoms with Gasteiger partial charge in [-0.05, 0) is 37.3 Å². The number of nitrogens with zero attached hydrogens (tertiary/aromatic N) is 2. The van der Waals surface area contributed by atoms with E-state index in [4.69, 9.17) is 16.3 Å². The lowest BCUT2D eigenvalue weighted by atomic mass is 9.86. The van der Waals surface area contributed by atoms with Crippen LogP contribution < -0.4 is 15.0 Å². The minimum absolute atomic E-state index is 0.0865. The molecule has 4 aliphatic rings. The molecule has 0 spiro atoms. The Bertz CT molecular complexity index is 629. The minimum atomic E-state index is -0.0865. The third kappa shape index (κ3) is 2.76. The number of rotatable bonds is 2. The van der Waals surface area contributed by atoms with Crippen LogP contribution in [-0.4, -0.2) is 50.3 Å². The number of piperidine rings is 3. The quantitative estimate of drug-likeness (QED) is 0.901. The maximum atomic E-state index is 12.8. The highest BCUT2D eigenvalue weighted by atomic mass is 35.5. The second kappa shape index (κ2) is 5.87. The van der Waals surface area contributed by atoms with Gasteiger partial charge in [-0.25, -0.2) is 0 Å². The standard InChI is InChI=1S/C17H22ClN3O2/c1-20-6-7-23-16-13(9-12(18)10-14(16)20)17(22)19-15-8-11-2-4-21(15)5-3-11/h9-11,15H,2-8H2,1H3,(H,19,22). The number of fused-ring (bicyclic) bond motifs is 4. The summed E-state index contributed by atoms with van der Waals surface area (Å²) < 4.78 is 5.78. The van der Waals surface area contributed by atoms with Crippen molar-refractivity contribution in [3.63, 3.8) is 0 Å². The van der Waals surface area contributed by atoms with Gasteiger partial charge in [0.15, 0.2) is 5.75 Å². The summed E-state index contributed by atoms with van der Waals surface area (Å²) in [4.78, 5) is 17.3. The molecule has 1 atom stereocenters. The van der Waals surface area contributed by atoms with Gasteiger partial charge in [-0.15, -0.1) is 0 Å². The first-order valence-electron chi connectivity index (χ1n) is 8.34. The molecule has 3 saturated heterocycles. The van der Waals surface area contributed by atoms with Crippen LogP contribution in [0.25, 0.3) is 0 Å². The average molecular weight is 336 g/mol. The lowest BCUT2D eigenvalue weighted by molar-refractivity contribution is 0.0294. The molecule has 4 aliphatic heterocycles. The molecule has 0 radical (unpaired) electrons. The first-order valence-corrected chi connectivity index (χ1v) is 8.72. The van der Waals surface area contributed by atoms with Gasteiger partial charge in [0, 0.05) is 25.2 Å². The summed E-state index contributed by atoms with van der Waals surface area (Å²) in [7, 11) is 1.99. The molecule has 1 amide bonds. The Morgan fingerprint density at radius 2 is 2.09 bits per heavy atom. The summed E-state index contributed by atoms with van der Waals surface area (Å²) in [6, 6.07) is 3.57. The van der Waals surface area contributed by atoms with Crippen molar-refractivity contribution in [2.24, 2.45) is 5.92 Å². The number of hydrogen-bond donors (Lipinski definition) is 1. The van der Waals surface area contributed by atoms with Crippen LogP contribution in [0, 0.1) is 5.92 Å². The van der Waals surface area contributed by atoms with Gasteiger partial charge in [-0.2, -0.15) is 0 Å². The Labute approximate surface area is 141 Å². The number of anilines is 1. The molecule has 6 heteroatoms. The molecule has 1 aromatic carbocycles. The second-order valence-electron chi connectivity index (χ2n) is 6.78. The number of ether oxygens (including phenoxy) is 1. The molecule has 0 saturated carbocycles. The fraction of sp³-hybridized carbons (Fsp3) is 0.588. The highest BCUT2D eigenvalue weighted by molar-refractivity contribution is 6.31. The Hall–Kier alpha value is -1.46. The number of carbonyl (C=O) groups excluding carboxylic acids is 1. The molecule has 0 aliphatic carbocycles. The molecule has 4 heterocycles. The maximum absolute atomic E-state index is 12.8. The molecule has 5 nitrogen and oxygen atoms in total. The monoisotopic (exact) mass is 335 g/mol. The Morgan fingerprint density at radius 3 is 2.78 bits per heavy atom. The van der Waals surface area contributed by atoms with Gasteiger partial charge < -0.3 is 15.0 Å². The summed E-state index contributed by atoms with van der Waals surface area (Å²) in [5, 5.41) is 3.75. The molecule has 1 unspecified atom stereocenters. The van der Waals surface area contributed by atoms with Crippen molar-refractivity contribution in [2.45, 2.75) is 25.4 Å². The highest BCUT2D eigenvalue weighted by Crippen LogP contribution is 2.37. The molecule has 1 aromatic rings. The van der Waals surface area contributed by atoms with E-state index in [9.17, 15) is 4.79 Å². The summed E-state index contributed by atoms with van der Waals surface area (Å²) >= 11 is 6.22. The fourth-order valence-corrected chi connectivity index (χ4v) is 4.15. The lowest BCUT2D eigenvalue weighted by Crippen LogP contribution is -2.56. The largest absolute Gasteiger partial charge is 0.489 e. The van der Waals surface area contributed by atoms with Crippen LogP contribution >= 0.6 is 11.6 Å². The predicted molar refractivity (Wildman–Crippen MR) is 90.4 cm³/mol. The smallest absolute Gasteiger partial charge is 0.256 e. The third-order valence-electron chi connectivity index (χ3n) is 5.31. The van der Waals surface area contributed by atoms with Crippen LogP contribution in [-0.2, 0) is 0 Å². The van der Waals surface area contributed by atoms with Crippen molar-refractivity contribution < 1.29 is 9.53 Å². The van der Waals surface area contributed by atoms with E-state index in [1.165, 1.54) is 12.8 Å². The van der Waals surface area contributed by atoms with Crippen LogP contribution in [0.3, 0.4) is 0 Å².